The van der Waals surface area contributed by atoms with Gasteiger partial charge in [-0.25, -0.2) is 0 Å². The molecule has 0 aliphatic carbocycles. The lowest BCUT2D eigenvalue weighted by Crippen LogP contribution is -2.39. The van der Waals surface area contributed by atoms with Gasteiger partial charge in [0.2, 0.25) is 0 Å². The topological polar surface area (TPSA) is 6.48 Å². The second-order valence-corrected chi connectivity index (χ2v) is 12.2. The zero-order chi connectivity index (χ0) is 26.7. The summed E-state index contributed by atoms with van der Waals surface area (Å²) in [4.78, 5) is 5.36. The molecule has 1 heterocycles. The summed E-state index contributed by atoms with van der Waals surface area (Å²) in [5.74, 6) is 0. The van der Waals surface area contributed by atoms with Gasteiger partial charge in [0.1, 0.15) is 6.17 Å². The minimum Gasteiger partial charge on any atom is -0.356 e. The van der Waals surface area contributed by atoms with Crippen molar-refractivity contribution < 1.29 is 0 Å². The first kappa shape index (κ1) is 34.4. The molecule has 0 radical (unpaired) electrons. The molecule has 0 fully saturated rings. The summed E-state index contributed by atoms with van der Waals surface area (Å²) in [6.45, 7) is 9.46. The minimum atomic E-state index is 0.642. The van der Waals surface area contributed by atoms with Crippen LogP contribution in [0, 0.1) is 0 Å². The summed E-state index contributed by atoms with van der Waals surface area (Å²) in [6, 6.07) is 0. The van der Waals surface area contributed by atoms with E-state index in [1.807, 2.05) is 0 Å². The van der Waals surface area contributed by atoms with Gasteiger partial charge in [0.05, 0.1) is 0 Å². The third-order valence-electron chi connectivity index (χ3n) is 8.57. The van der Waals surface area contributed by atoms with E-state index in [4.69, 9.17) is 0 Å². The van der Waals surface area contributed by atoms with Gasteiger partial charge >= 0.3 is 0 Å². The molecule has 2 heteroatoms. The van der Waals surface area contributed by atoms with Gasteiger partial charge in [-0.2, -0.15) is 0 Å². The van der Waals surface area contributed by atoms with Crippen molar-refractivity contribution in [2.24, 2.45) is 0 Å². The Morgan fingerprint density at radius 1 is 0.351 bits per heavy atom. The standard InChI is InChI=1S/C35H70N2/c1-4-7-10-12-14-16-18-19-20-21-23-25-27-30-35-36(31-28-9-6-3)33-34-37(35)32-29-26-24-22-17-15-13-11-8-5-2/h33-35H,4-32H2,1-3H3. The Morgan fingerprint density at radius 3 is 1.00 bits per heavy atom. The Hall–Kier alpha value is -0.660. The summed E-state index contributed by atoms with van der Waals surface area (Å²) in [6.07, 6.45) is 44.0. The lowest BCUT2D eigenvalue weighted by Gasteiger charge is -2.33. The number of nitrogens with zero attached hydrogens (tertiary/aromatic N) is 2. The van der Waals surface area contributed by atoms with Crippen LogP contribution in [0.3, 0.4) is 0 Å². The lowest BCUT2D eigenvalue weighted by atomic mass is 10.0. The van der Waals surface area contributed by atoms with E-state index in [-0.39, 0.29) is 0 Å². The number of unbranched alkanes of at least 4 members (excludes halogenated alkanes) is 23. The average Bonchev–Trinajstić information content (AvgIpc) is 3.29. The van der Waals surface area contributed by atoms with E-state index in [0.717, 1.165) is 0 Å². The minimum absolute atomic E-state index is 0.642. The maximum atomic E-state index is 2.69. The summed E-state index contributed by atoms with van der Waals surface area (Å²) < 4.78 is 0. The van der Waals surface area contributed by atoms with Gasteiger partial charge in [0.15, 0.2) is 0 Å². The first-order valence-electron chi connectivity index (χ1n) is 17.5. The lowest BCUT2D eigenvalue weighted by molar-refractivity contribution is 0.135. The van der Waals surface area contributed by atoms with E-state index >= 15 is 0 Å². The van der Waals surface area contributed by atoms with Crippen LogP contribution < -0.4 is 0 Å². The highest BCUT2D eigenvalue weighted by Gasteiger charge is 2.24. The van der Waals surface area contributed by atoms with Crippen molar-refractivity contribution >= 4 is 0 Å². The Balaban J connectivity index is 2.12. The fraction of sp³-hybridized carbons (Fsp3) is 0.943. The maximum Gasteiger partial charge on any atom is 0.101 e. The van der Waals surface area contributed by atoms with Crippen LogP contribution in [-0.4, -0.2) is 29.1 Å². The molecule has 0 saturated heterocycles. The molecule has 0 amide bonds. The van der Waals surface area contributed by atoms with E-state index in [0.29, 0.717) is 6.17 Å². The third-order valence-corrected chi connectivity index (χ3v) is 8.57. The zero-order valence-electron chi connectivity index (χ0n) is 26.1. The van der Waals surface area contributed by atoms with Crippen molar-refractivity contribution in [2.75, 3.05) is 13.1 Å². The Morgan fingerprint density at radius 2 is 0.622 bits per heavy atom. The highest BCUT2D eigenvalue weighted by atomic mass is 15.4. The maximum absolute atomic E-state index is 2.69. The average molecular weight is 519 g/mol. The molecule has 1 aliphatic rings. The molecule has 37 heavy (non-hydrogen) atoms. The molecule has 0 aromatic carbocycles. The van der Waals surface area contributed by atoms with Crippen molar-refractivity contribution in [3.63, 3.8) is 0 Å². The predicted molar refractivity (Wildman–Crippen MR) is 168 cm³/mol. The summed E-state index contributed by atoms with van der Waals surface area (Å²) in [7, 11) is 0. The molecular formula is C35H70N2. The highest BCUT2D eigenvalue weighted by molar-refractivity contribution is 4.97. The summed E-state index contributed by atoms with van der Waals surface area (Å²) >= 11 is 0. The number of hydrogen-bond acceptors (Lipinski definition) is 2. The third kappa shape index (κ3) is 20.0. The van der Waals surface area contributed by atoms with Crippen molar-refractivity contribution in [3.05, 3.63) is 12.4 Å². The van der Waals surface area contributed by atoms with Crippen LogP contribution in [0.5, 0.6) is 0 Å². The molecule has 0 aromatic heterocycles. The molecule has 1 rings (SSSR count). The molecule has 0 bridgehead atoms. The van der Waals surface area contributed by atoms with Gasteiger partial charge in [-0.1, -0.05) is 168 Å². The zero-order valence-corrected chi connectivity index (χ0v) is 26.1. The molecule has 1 atom stereocenters. The van der Waals surface area contributed by atoms with Gasteiger partial charge in [0, 0.05) is 25.5 Å². The van der Waals surface area contributed by atoms with Crippen LogP contribution in [0.4, 0.5) is 0 Å². The van der Waals surface area contributed by atoms with E-state index in [9.17, 15) is 0 Å². The molecule has 2 nitrogen and oxygen atoms in total. The van der Waals surface area contributed by atoms with Crippen LogP contribution in [0.2, 0.25) is 0 Å². The molecule has 0 saturated carbocycles. The largest absolute Gasteiger partial charge is 0.356 e. The van der Waals surface area contributed by atoms with Gasteiger partial charge < -0.3 is 9.80 Å². The molecule has 0 aromatic rings. The van der Waals surface area contributed by atoms with E-state index in [1.165, 1.54) is 186 Å². The first-order valence-corrected chi connectivity index (χ1v) is 17.5. The normalized spacial score (nSPS) is 15.4. The number of hydrogen-bond donors (Lipinski definition) is 0. The van der Waals surface area contributed by atoms with Gasteiger partial charge in [-0.3, -0.25) is 0 Å². The van der Waals surface area contributed by atoms with Crippen LogP contribution >= 0.6 is 0 Å². The molecule has 1 unspecified atom stereocenters. The molecule has 0 N–H and O–H groups in total. The Bertz CT molecular complexity index is 474. The molecular weight excluding hydrogens is 448 g/mol. The second kappa shape index (κ2) is 26.9. The fourth-order valence-electron chi connectivity index (χ4n) is 6.01. The fourth-order valence-corrected chi connectivity index (χ4v) is 6.01. The molecule has 1 aliphatic heterocycles. The van der Waals surface area contributed by atoms with Crippen molar-refractivity contribution in [1.82, 2.24) is 9.80 Å². The number of rotatable bonds is 29. The van der Waals surface area contributed by atoms with Gasteiger partial charge in [-0.15, -0.1) is 0 Å². The first-order chi connectivity index (χ1) is 18.3. The Kier molecular flexibility index (Phi) is 25.0. The van der Waals surface area contributed by atoms with Gasteiger partial charge in [0.25, 0.3) is 0 Å². The van der Waals surface area contributed by atoms with Crippen LogP contribution in [-0.2, 0) is 0 Å². The van der Waals surface area contributed by atoms with Crippen LogP contribution in [0.1, 0.15) is 194 Å². The Labute approximate surface area is 235 Å². The SMILES string of the molecule is CCCCCCCCCCCCCCCC1N(CCCCC)C=CN1CCCCCCCCCCCC. The van der Waals surface area contributed by atoms with E-state index in [1.54, 1.807) is 0 Å². The van der Waals surface area contributed by atoms with Crippen molar-refractivity contribution in [2.45, 2.75) is 200 Å². The summed E-state index contributed by atoms with van der Waals surface area (Å²) in [5.41, 5.74) is 0. The van der Waals surface area contributed by atoms with Crippen molar-refractivity contribution in [1.29, 1.82) is 0 Å². The van der Waals surface area contributed by atoms with Crippen LogP contribution in [0.15, 0.2) is 12.4 Å². The van der Waals surface area contributed by atoms with Crippen LogP contribution in [0.25, 0.3) is 0 Å². The monoisotopic (exact) mass is 519 g/mol. The summed E-state index contributed by atoms with van der Waals surface area (Å²) in [5, 5.41) is 0. The van der Waals surface area contributed by atoms with E-state index < -0.39 is 0 Å². The predicted octanol–water partition coefficient (Wildman–Crippen LogP) is 12.0. The van der Waals surface area contributed by atoms with Gasteiger partial charge in [-0.05, 0) is 25.7 Å². The van der Waals surface area contributed by atoms with E-state index in [2.05, 4.69) is 43.0 Å². The molecule has 0 spiro atoms. The van der Waals surface area contributed by atoms with Crippen molar-refractivity contribution in [3.8, 4) is 0 Å². The second-order valence-electron chi connectivity index (χ2n) is 12.2. The molecule has 220 valence electrons. The smallest absolute Gasteiger partial charge is 0.101 e. The highest BCUT2D eigenvalue weighted by Crippen LogP contribution is 2.24. The quantitative estimate of drug-likeness (QED) is 0.0908.